The number of benzene rings is 1. The van der Waals surface area contributed by atoms with Crippen LogP contribution in [-0.4, -0.2) is 65.4 Å². The second-order valence-corrected chi connectivity index (χ2v) is 12.5. The van der Waals surface area contributed by atoms with Crippen LogP contribution >= 0.6 is 11.3 Å². The molecule has 208 valence electrons. The number of carbonyl (C=O) groups is 2. The average molecular weight is 580 g/mol. The molecule has 0 unspecified atom stereocenters. The fourth-order valence-electron chi connectivity index (χ4n) is 4.70. The Hall–Kier alpha value is -3.88. The number of aryl methyl sites for hydroxylation is 2. The number of sulfonamides is 1. The van der Waals surface area contributed by atoms with Gasteiger partial charge in [0.2, 0.25) is 10.0 Å². The van der Waals surface area contributed by atoms with Crippen molar-refractivity contribution in [3.8, 4) is 12.1 Å². The van der Waals surface area contributed by atoms with E-state index in [4.69, 9.17) is 10.5 Å². The minimum atomic E-state index is -4.09. The van der Waals surface area contributed by atoms with E-state index in [0.717, 1.165) is 34.3 Å². The molecule has 0 bridgehead atoms. The van der Waals surface area contributed by atoms with E-state index < -0.39 is 29.0 Å². The van der Waals surface area contributed by atoms with E-state index in [1.54, 1.807) is 12.1 Å². The molecule has 0 saturated carbocycles. The van der Waals surface area contributed by atoms with Gasteiger partial charge in [0.1, 0.15) is 18.1 Å². The van der Waals surface area contributed by atoms with E-state index in [2.05, 4.69) is 22.2 Å². The van der Waals surface area contributed by atoms with Crippen LogP contribution in [0.4, 0.5) is 5.00 Å². The molecule has 1 aliphatic heterocycles. The lowest BCUT2D eigenvalue weighted by atomic mass is 10.0. The summed E-state index contributed by atoms with van der Waals surface area (Å²) < 4.78 is 27.8. The second-order valence-electron chi connectivity index (χ2n) is 9.45. The molecule has 4 rings (SSSR count). The molecular weight excluding hydrogens is 550 g/mol. The fourth-order valence-corrected chi connectivity index (χ4v) is 7.22. The van der Waals surface area contributed by atoms with Gasteiger partial charge < -0.3 is 5.32 Å². The molecule has 0 fully saturated rings. The number of carbonyl (C=O) groups excluding carboxylic acids is 2. The first kappa shape index (κ1) is 29.1. The summed E-state index contributed by atoms with van der Waals surface area (Å²) in [6.07, 6.45) is 1.69. The highest BCUT2D eigenvalue weighted by Crippen LogP contribution is 2.38. The second kappa shape index (κ2) is 12.1. The maximum absolute atomic E-state index is 13.7. The molecule has 40 heavy (non-hydrogen) atoms. The van der Waals surface area contributed by atoms with E-state index in [1.807, 2.05) is 19.9 Å². The first-order valence-corrected chi connectivity index (χ1v) is 15.0. The molecule has 0 atom stereocenters. The normalized spacial score (nSPS) is 13.4. The minimum Gasteiger partial charge on any atom is -0.313 e. The Balaban J connectivity index is 1.65. The zero-order chi connectivity index (χ0) is 29.0. The van der Waals surface area contributed by atoms with Gasteiger partial charge in [-0.1, -0.05) is 6.92 Å². The third-order valence-corrected chi connectivity index (χ3v) is 9.51. The first-order valence-electron chi connectivity index (χ1n) is 12.7. The molecule has 1 N–H and O–H groups in total. The predicted octanol–water partition coefficient (Wildman–Crippen LogP) is 3.31. The summed E-state index contributed by atoms with van der Waals surface area (Å²) in [4.78, 5) is 30.2. The van der Waals surface area contributed by atoms with Crippen molar-refractivity contribution < 1.29 is 18.0 Å². The smallest absolute Gasteiger partial charge is 0.281 e. The zero-order valence-corrected chi connectivity index (χ0v) is 24.1. The highest BCUT2D eigenvalue weighted by Gasteiger charge is 2.31. The predicted molar refractivity (Wildman–Crippen MR) is 149 cm³/mol. The van der Waals surface area contributed by atoms with Gasteiger partial charge in [-0.05, 0) is 69.1 Å². The van der Waals surface area contributed by atoms with E-state index in [1.165, 1.54) is 40.3 Å². The average Bonchev–Trinajstić information content (AvgIpc) is 3.46. The molecule has 0 radical (unpaired) electrons. The van der Waals surface area contributed by atoms with Crippen molar-refractivity contribution >= 4 is 38.2 Å². The number of hydrogen-bond acceptors (Lipinski definition) is 9. The lowest BCUT2D eigenvalue weighted by Gasteiger charge is -2.26. The largest absolute Gasteiger partial charge is 0.313 e. The van der Waals surface area contributed by atoms with Crippen LogP contribution in [0, 0.1) is 36.5 Å². The maximum Gasteiger partial charge on any atom is 0.281 e. The number of nitrogens with one attached hydrogen (secondary N) is 1. The molecule has 3 heterocycles. The van der Waals surface area contributed by atoms with Crippen LogP contribution in [0.25, 0.3) is 0 Å². The Kier molecular flexibility index (Phi) is 8.81. The number of thiophene rings is 1. The van der Waals surface area contributed by atoms with Gasteiger partial charge in [-0.3, -0.25) is 14.5 Å². The Morgan fingerprint density at radius 2 is 1.82 bits per heavy atom. The van der Waals surface area contributed by atoms with Gasteiger partial charge in [0.05, 0.1) is 28.3 Å². The molecule has 2 aromatic heterocycles. The van der Waals surface area contributed by atoms with Crippen molar-refractivity contribution in [2.45, 2.75) is 45.1 Å². The Morgan fingerprint density at radius 3 is 2.40 bits per heavy atom. The number of nitrogens with zero attached hydrogens (tertiary/aromatic N) is 6. The molecule has 11 nitrogen and oxygen atoms in total. The summed E-state index contributed by atoms with van der Waals surface area (Å²) in [5.41, 5.74) is 2.95. The number of hydrogen-bond donors (Lipinski definition) is 1. The van der Waals surface area contributed by atoms with Gasteiger partial charge in [0.25, 0.3) is 11.8 Å². The molecule has 1 amide bonds. The van der Waals surface area contributed by atoms with E-state index in [9.17, 15) is 18.0 Å². The standard InChI is InChI=1S/C27H29N7O4S2/c1-4-12-32-13-9-22-23(17-32)39-26(24(22)27(36)34-19(3)16-18(2)31-34)30-25(35)20-5-7-21(8-6-20)40(37,38)33(14-10-28)15-11-29/h5-8,16H,4,9,12-15,17H2,1-3H3,(H,30,35). The number of fused-ring (bicyclic) bond motifs is 1. The Labute approximate surface area is 237 Å². The molecule has 13 heteroatoms. The van der Waals surface area contributed by atoms with Crippen molar-refractivity contribution in [1.82, 2.24) is 19.0 Å². The SMILES string of the molecule is CCCN1CCc2c(sc(NC(=O)c3ccc(S(=O)(=O)N(CC#N)CC#N)cc3)c2C(=O)n2nc(C)cc2C)C1. The first-order chi connectivity index (χ1) is 19.1. The molecule has 1 aromatic carbocycles. The van der Waals surface area contributed by atoms with Crippen LogP contribution in [0.3, 0.4) is 0 Å². The van der Waals surface area contributed by atoms with E-state index in [0.29, 0.717) is 34.9 Å². The molecule has 0 aliphatic carbocycles. The zero-order valence-electron chi connectivity index (χ0n) is 22.5. The number of rotatable bonds is 9. The lowest BCUT2D eigenvalue weighted by molar-refractivity contribution is 0.0942. The summed E-state index contributed by atoms with van der Waals surface area (Å²) in [6.45, 7) is 7.24. The van der Waals surface area contributed by atoms with Crippen molar-refractivity contribution in [3.63, 3.8) is 0 Å². The quantitative estimate of drug-likeness (QED) is 0.379. The number of amides is 1. The van der Waals surface area contributed by atoms with E-state index in [-0.39, 0.29) is 16.4 Å². The summed E-state index contributed by atoms with van der Waals surface area (Å²) in [6, 6.07) is 10.5. The molecule has 3 aromatic rings. The van der Waals surface area contributed by atoms with Crippen molar-refractivity contribution in [1.29, 1.82) is 10.5 Å². The Bertz CT molecular complexity index is 1610. The van der Waals surface area contributed by atoms with Crippen LogP contribution in [0.5, 0.6) is 0 Å². The van der Waals surface area contributed by atoms with Gasteiger partial charge in [-0.2, -0.15) is 19.9 Å². The van der Waals surface area contributed by atoms with Crippen LogP contribution < -0.4 is 5.32 Å². The summed E-state index contributed by atoms with van der Waals surface area (Å²) >= 11 is 1.37. The van der Waals surface area contributed by atoms with Crippen LogP contribution in [0.15, 0.2) is 35.2 Å². The van der Waals surface area contributed by atoms with Gasteiger partial charge in [-0.15, -0.1) is 11.3 Å². The monoisotopic (exact) mass is 579 g/mol. The Morgan fingerprint density at radius 1 is 1.15 bits per heavy atom. The van der Waals surface area contributed by atoms with Crippen LogP contribution in [0.1, 0.15) is 55.9 Å². The molecule has 0 spiro atoms. The molecular formula is C27H29N7O4S2. The number of nitriles is 2. The molecule has 1 aliphatic rings. The van der Waals surface area contributed by atoms with Gasteiger partial charge in [-0.25, -0.2) is 13.1 Å². The minimum absolute atomic E-state index is 0.141. The number of aromatic nitrogens is 2. The maximum atomic E-state index is 13.7. The summed E-state index contributed by atoms with van der Waals surface area (Å²) in [7, 11) is -4.09. The summed E-state index contributed by atoms with van der Waals surface area (Å²) in [5, 5.41) is 25.5. The number of anilines is 1. The van der Waals surface area contributed by atoms with Crippen molar-refractivity contribution in [2.75, 3.05) is 31.5 Å². The highest BCUT2D eigenvalue weighted by molar-refractivity contribution is 7.89. The van der Waals surface area contributed by atoms with Gasteiger partial charge in [0.15, 0.2) is 0 Å². The van der Waals surface area contributed by atoms with Crippen LogP contribution in [0.2, 0.25) is 0 Å². The van der Waals surface area contributed by atoms with E-state index >= 15 is 0 Å². The fraction of sp³-hybridized carbons (Fsp3) is 0.370. The lowest BCUT2D eigenvalue weighted by Crippen LogP contribution is -2.31. The van der Waals surface area contributed by atoms with Crippen molar-refractivity contribution in [2.24, 2.45) is 0 Å². The van der Waals surface area contributed by atoms with Crippen LogP contribution in [-0.2, 0) is 23.0 Å². The third kappa shape index (κ3) is 5.83. The summed E-state index contributed by atoms with van der Waals surface area (Å²) in [5.74, 6) is -0.805. The molecule has 0 saturated heterocycles. The topological polar surface area (TPSA) is 152 Å². The van der Waals surface area contributed by atoms with Gasteiger partial charge >= 0.3 is 0 Å². The van der Waals surface area contributed by atoms with Gasteiger partial charge in [0, 0.05) is 29.2 Å². The van der Waals surface area contributed by atoms with Crippen molar-refractivity contribution in [3.05, 3.63) is 63.3 Å². The highest BCUT2D eigenvalue weighted by atomic mass is 32.2. The third-order valence-electron chi connectivity index (χ3n) is 6.57.